The zero-order chi connectivity index (χ0) is 19.2. The number of H-pyrrole nitrogens is 2. The van der Waals surface area contributed by atoms with Crippen LogP contribution in [0.5, 0.6) is 11.5 Å². The lowest BCUT2D eigenvalue weighted by atomic mass is 10.1. The van der Waals surface area contributed by atoms with Gasteiger partial charge in [0.1, 0.15) is 11.5 Å². The molecule has 0 aliphatic heterocycles. The Morgan fingerprint density at radius 3 is 2.42 bits per heavy atom. The highest BCUT2D eigenvalue weighted by Gasteiger charge is 2.19. The number of methoxy groups -OCH3 is 1. The minimum absolute atomic E-state index is 0.0710. The summed E-state index contributed by atoms with van der Waals surface area (Å²) in [5, 5.41) is 10.2. The monoisotopic (exact) mass is 376 g/mol. The van der Waals surface area contributed by atoms with E-state index in [0.717, 1.165) is 5.56 Å². The van der Waals surface area contributed by atoms with Crippen molar-refractivity contribution in [3.63, 3.8) is 0 Å². The minimum atomic E-state index is -1.54. The van der Waals surface area contributed by atoms with Gasteiger partial charge in [-0.05, 0) is 27.7 Å². The second-order valence-electron chi connectivity index (χ2n) is 6.12. The quantitative estimate of drug-likeness (QED) is 0.639. The molecule has 9 heteroatoms. The summed E-state index contributed by atoms with van der Waals surface area (Å²) in [4.78, 5) is 26.3. The molecule has 3 heterocycles. The number of aromatic hydroxyl groups is 1. The molecule has 3 rings (SSSR count). The van der Waals surface area contributed by atoms with E-state index in [0.29, 0.717) is 39.4 Å². The molecule has 0 radical (unpaired) electrons. The zero-order valence-corrected chi connectivity index (χ0v) is 16.0. The summed E-state index contributed by atoms with van der Waals surface area (Å²) >= 11 is 0. The lowest BCUT2D eigenvalue weighted by Crippen LogP contribution is -2.17. The van der Waals surface area contributed by atoms with E-state index in [4.69, 9.17) is 4.74 Å². The second kappa shape index (κ2) is 6.56. The Balaban J connectivity index is 2.02. The van der Waals surface area contributed by atoms with Crippen LogP contribution in [0.2, 0.25) is 0 Å². The normalized spacial score (nSPS) is 12.5. The van der Waals surface area contributed by atoms with Gasteiger partial charge in [-0.3, -0.25) is 9.00 Å². The number of fused-ring (bicyclic) bond motifs is 1. The van der Waals surface area contributed by atoms with Gasteiger partial charge in [-0.2, -0.15) is 0 Å². The van der Waals surface area contributed by atoms with E-state index in [1.807, 2.05) is 0 Å². The van der Waals surface area contributed by atoms with E-state index in [1.54, 1.807) is 27.7 Å². The molecule has 0 fully saturated rings. The first kappa shape index (κ1) is 18.1. The lowest BCUT2D eigenvalue weighted by molar-refractivity contribution is 0.406. The topological polar surface area (TPSA) is 121 Å². The fourth-order valence-corrected chi connectivity index (χ4v) is 3.98. The van der Waals surface area contributed by atoms with Crippen molar-refractivity contribution in [3.8, 4) is 11.5 Å². The van der Waals surface area contributed by atoms with Crippen LogP contribution in [0.25, 0.3) is 11.2 Å². The van der Waals surface area contributed by atoms with Gasteiger partial charge in [0.05, 0.1) is 40.4 Å². The van der Waals surface area contributed by atoms with Crippen molar-refractivity contribution in [1.82, 2.24) is 19.9 Å². The fourth-order valence-electron chi connectivity index (χ4n) is 2.89. The predicted molar refractivity (Wildman–Crippen MR) is 98.2 cm³/mol. The molecule has 0 amide bonds. The van der Waals surface area contributed by atoms with E-state index in [9.17, 15) is 14.1 Å². The number of aromatic amines is 2. The average molecular weight is 376 g/mol. The van der Waals surface area contributed by atoms with Gasteiger partial charge in [-0.25, -0.2) is 9.97 Å². The maximum atomic E-state index is 12.8. The van der Waals surface area contributed by atoms with Crippen molar-refractivity contribution in [2.45, 2.75) is 38.6 Å². The highest BCUT2D eigenvalue weighted by atomic mass is 32.2. The van der Waals surface area contributed by atoms with E-state index >= 15 is 0 Å². The molecule has 0 aromatic carbocycles. The van der Waals surface area contributed by atoms with Gasteiger partial charge >= 0.3 is 0 Å². The van der Waals surface area contributed by atoms with Crippen molar-refractivity contribution in [1.29, 1.82) is 0 Å². The van der Waals surface area contributed by atoms with Crippen LogP contribution in [0.3, 0.4) is 0 Å². The smallest absolute Gasteiger partial charge is 0.254 e. The van der Waals surface area contributed by atoms with Gasteiger partial charge in [-0.1, -0.05) is 0 Å². The highest BCUT2D eigenvalue weighted by Crippen LogP contribution is 2.27. The van der Waals surface area contributed by atoms with Crippen molar-refractivity contribution in [2.24, 2.45) is 0 Å². The van der Waals surface area contributed by atoms with E-state index in [-0.39, 0.29) is 22.2 Å². The van der Waals surface area contributed by atoms with Crippen molar-refractivity contribution in [2.75, 3.05) is 7.11 Å². The van der Waals surface area contributed by atoms with Crippen LogP contribution in [-0.4, -0.2) is 36.4 Å². The number of hydrogen-bond donors (Lipinski definition) is 3. The number of aromatic nitrogens is 4. The Morgan fingerprint density at radius 2 is 1.77 bits per heavy atom. The Bertz CT molecular complexity index is 1100. The largest absolute Gasteiger partial charge is 0.506 e. The maximum absolute atomic E-state index is 12.8. The molecule has 3 aromatic heterocycles. The molecule has 0 spiro atoms. The summed E-state index contributed by atoms with van der Waals surface area (Å²) in [6, 6.07) is 0. The second-order valence-corrected chi connectivity index (χ2v) is 7.48. The third-order valence-electron chi connectivity index (χ3n) is 4.44. The van der Waals surface area contributed by atoms with E-state index in [2.05, 4.69) is 19.9 Å². The van der Waals surface area contributed by atoms with E-state index in [1.165, 1.54) is 7.11 Å². The first-order valence-corrected chi connectivity index (χ1v) is 9.27. The number of rotatable bonds is 4. The highest BCUT2D eigenvalue weighted by molar-refractivity contribution is 7.84. The number of ether oxygens (including phenoxy) is 1. The first-order chi connectivity index (χ1) is 12.2. The van der Waals surface area contributed by atoms with Gasteiger partial charge in [0.15, 0.2) is 10.8 Å². The predicted octanol–water partition coefficient (Wildman–Crippen LogP) is 1.90. The molecular formula is C17H20N4O4S. The van der Waals surface area contributed by atoms with Gasteiger partial charge < -0.3 is 19.8 Å². The van der Waals surface area contributed by atoms with Crippen LogP contribution in [-0.2, 0) is 16.6 Å². The molecule has 8 nitrogen and oxygen atoms in total. The molecule has 0 saturated carbocycles. The Hall–Kier alpha value is -2.68. The number of imidazole rings is 1. The van der Waals surface area contributed by atoms with Gasteiger partial charge in [0.2, 0.25) is 0 Å². The lowest BCUT2D eigenvalue weighted by Gasteiger charge is -2.11. The summed E-state index contributed by atoms with van der Waals surface area (Å²) in [5.74, 6) is 0.645. The number of hydrogen-bond acceptors (Lipinski definition) is 6. The molecule has 3 aromatic rings. The van der Waals surface area contributed by atoms with Crippen LogP contribution in [0.15, 0.2) is 9.95 Å². The molecule has 138 valence electrons. The summed E-state index contributed by atoms with van der Waals surface area (Å²) in [7, 11) is -0.0399. The average Bonchev–Trinajstić information content (AvgIpc) is 3.02. The molecule has 0 bridgehead atoms. The zero-order valence-electron chi connectivity index (χ0n) is 15.2. The van der Waals surface area contributed by atoms with Crippen LogP contribution in [0.4, 0.5) is 0 Å². The Morgan fingerprint density at radius 1 is 1.08 bits per heavy atom. The summed E-state index contributed by atoms with van der Waals surface area (Å²) < 4.78 is 18.1. The molecular weight excluding hydrogens is 356 g/mol. The first-order valence-electron chi connectivity index (χ1n) is 7.95. The van der Waals surface area contributed by atoms with Gasteiger partial charge in [0, 0.05) is 16.8 Å². The molecule has 0 aliphatic carbocycles. The number of aryl methyl sites for hydroxylation is 2. The maximum Gasteiger partial charge on any atom is 0.254 e. The molecule has 3 N–H and O–H groups in total. The Labute approximate surface area is 152 Å². The molecule has 0 saturated heterocycles. The third-order valence-corrected chi connectivity index (χ3v) is 5.62. The van der Waals surface area contributed by atoms with Gasteiger partial charge in [-0.15, -0.1) is 0 Å². The van der Waals surface area contributed by atoms with Crippen molar-refractivity contribution in [3.05, 3.63) is 38.4 Å². The molecule has 1 unspecified atom stereocenters. The van der Waals surface area contributed by atoms with Gasteiger partial charge in [0.25, 0.3) is 5.56 Å². The minimum Gasteiger partial charge on any atom is -0.506 e. The van der Waals surface area contributed by atoms with Crippen LogP contribution < -0.4 is 10.3 Å². The number of nitrogens with zero attached hydrogens (tertiary/aromatic N) is 2. The van der Waals surface area contributed by atoms with Crippen LogP contribution in [0.1, 0.15) is 28.1 Å². The number of nitrogens with one attached hydrogen (secondary N) is 2. The van der Waals surface area contributed by atoms with Crippen LogP contribution >= 0.6 is 0 Å². The Kier molecular flexibility index (Phi) is 4.57. The summed E-state index contributed by atoms with van der Waals surface area (Å²) in [6.07, 6.45) is 0. The fraction of sp³-hybridized carbons (Fsp3) is 0.353. The number of pyridine rings is 2. The van der Waals surface area contributed by atoms with Crippen molar-refractivity contribution < 1.29 is 14.1 Å². The summed E-state index contributed by atoms with van der Waals surface area (Å²) in [5.41, 5.74) is 3.47. The van der Waals surface area contributed by atoms with Crippen LogP contribution in [0, 0.1) is 27.7 Å². The standard InChI is InChI=1S/C17H20N4O4S/c1-7-11(19-16(23)9(3)14(7)25-5)6-26(24)17-20-12-8(2)13(22)10(4)18-15(12)21-17/h22H,6H2,1-5H3,(H,19,23)(H,18,20,21). The van der Waals surface area contributed by atoms with E-state index < -0.39 is 10.8 Å². The van der Waals surface area contributed by atoms with Crippen molar-refractivity contribution >= 4 is 22.0 Å². The molecule has 0 aliphatic rings. The SMILES string of the molecule is COc1c(C)c(CS(=O)c2nc3nc(C)c(O)c(C)c3[nH]2)[nH]c(=O)c1C. The molecule has 26 heavy (non-hydrogen) atoms. The third kappa shape index (κ3) is 2.88. The summed E-state index contributed by atoms with van der Waals surface area (Å²) in [6.45, 7) is 6.90. The molecule has 1 atom stereocenters.